The van der Waals surface area contributed by atoms with E-state index >= 15 is 0 Å². The van der Waals surface area contributed by atoms with Gasteiger partial charge < -0.3 is 19.5 Å². The van der Waals surface area contributed by atoms with Crippen molar-refractivity contribution in [3.8, 4) is 11.5 Å². The summed E-state index contributed by atoms with van der Waals surface area (Å²) in [5.41, 5.74) is 1.90. The molecule has 7 nitrogen and oxygen atoms in total. The Labute approximate surface area is 170 Å². The molecule has 1 N–H and O–H groups in total. The fraction of sp³-hybridized carbons (Fsp3) is 0.500. The molecule has 2 saturated heterocycles. The first-order valence-electron chi connectivity index (χ1n) is 10.6. The number of rotatable bonds is 4. The van der Waals surface area contributed by atoms with Crippen LogP contribution in [0.15, 0.2) is 34.9 Å². The van der Waals surface area contributed by atoms with E-state index in [2.05, 4.69) is 38.6 Å². The van der Waals surface area contributed by atoms with Gasteiger partial charge in [-0.25, -0.2) is 4.98 Å². The molecule has 1 atom stereocenters. The van der Waals surface area contributed by atoms with Crippen molar-refractivity contribution in [3.63, 3.8) is 0 Å². The van der Waals surface area contributed by atoms with E-state index in [4.69, 9.17) is 14.2 Å². The van der Waals surface area contributed by atoms with Crippen LogP contribution in [0.5, 0.6) is 0 Å². The Morgan fingerprint density at radius 3 is 2.69 bits per heavy atom. The third-order valence-electron chi connectivity index (χ3n) is 5.89. The summed E-state index contributed by atoms with van der Waals surface area (Å²) in [6.45, 7) is 5.50. The van der Waals surface area contributed by atoms with Crippen LogP contribution in [0.4, 0.5) is 5.82 Å². The summed E-state index contributed by atoms with van der Waals surface area (Å²) >= 11 is 0. The fourth-order valence-electron chi connectivity index (χ4n) is 4.37. The van der Waals surface area contributed by atoms with E-state index in [1.54, 1.807) is 0 Å². The van der Waals surface area contributed by atoms with Gasteiger partial charge in [0.1, 0.15) is 5.82 Å². The molecule has 2 aliphatic heterocycles. The number of hydrogen-bond donors (Lipinski definition) is 1. The zero-order chi connectivity index (χ0) is 19.6. The highest BCUT2D eigenvalue weighted by atomic mass is 16.5. The highest BCUT2D eigenvalue weighted by molar-refractivity contribution is 5.87. The number of pyridine rings is 1. The lowest BCUT2D eigenvalue weighted by molar-refractivity contribution is 0.0650. The van der Waals surface area contributed by atoms with Crippen LogP contribution in [0.3, 0.4) is 0 Å². The van der Waals surface area contributed by atoms with Crippen LogP contribution in [0.2, 0.25) is 0 Å². The Hall–Kier alpha value is -2.51. The van der Waals surface area contributed by atoms with Crippen molar-refractivity contribution in [2.75, 3.05) is 31.2 Å². The number of hydrogen-bond acceptors (Lipinski definition) is 7. The SMILES string of the molecule is Cc1noc(-c2cc3ccccc3nc2N2CCC(NC3CCCOC3)CC2)n1. The third kappa shape index (κ3) is 3.97. The van der Waals surface area contributed by atoms with Gasteiger partial charge >= 0.3 is 0 Å². The molecule has 7 heteroatoms. The Kier molecular flexibility index (Phi) is 5.16. The van der Waals surface area contributed by atoms with Crippen molar-refractivity contribution in [1.29, 1.82) is 0 Å². The van der Waals surface area contributed by atoms with Gasteiger partial charge in [0.05, 0.1) is 17.7 Å². The van der Waals surface area contributed by atoms with Crippen LogP contribution < -0.4 is 10.2 Å². The fourth-order valence-corrected chi connectivity index (χ4v) is 4.37. The Bertz CT molecular complexity index is 974. The number of piperidine rings is 1. The summed E-state index contributed by atoms with van der Waals surface area (Å²) < 4.78 is 11.1. The molecule has 2 aromatic heterocycles. The van der Waals surface area contributed by atoms with E-state index in [1.807, 2.05) is 19.1 Å². The van der Waals surface area contributed by atoms with Gasteiger partial charge in [-0.15, -0.1) is 0 Å². The smallest absolute Gasteiger partial charge is 0.261 e. The molecule has 0 bridgehead atoms. The molecule has 0 spiro atoms. The average Bonchev–Trinajstić information content (AvgIpc) is 3.20. The number of ether oxygens (including phenoxy) is 1. The maximum absolute atomic E-state index is 5.62. The maximum atomic E-state index is 5.62. The van der Waals surface area contributed by atoms with Gasteiger partial charge in [0.15, 0.2) is 5.82 Å². The van der Waals surface area contributed by atoms with Crippen molar-refractivity contribution in [2.24, 2.45) is 0 Å². The predicted molar refractivity (Wildman–Crippen MR) is 112 cm³/mol. The van der Waals surface area contributed by atoms with Gasteiger partial charge in [-0.2, -0.15) is 4.98 Å². The zero-order valence-electron chi connectivity index (χ0n) is 16.8. The van der Waals surface area contributed by atoms with Crippen molar-refractivity contribution >= 4 is 16.7 Å². The number of aromatic nitrogens is 3. The van der Waals surface area contributed by atoms with Crippen molar-refractivity contribution in [2.45, 2.75) is 44.7 Å². The summed E-state index contributed by atoms with van der Waals surface area (Å²) in [7, 11) is 0. The molecule has 1 unspecified atom stereocenters. The minimum absolute atomic E-state index is 0.496. The third-order valence-corrected chi connectivity index (χ3v) is 5.89. The van der Waals surface area contributed by atoms with Crippen molar-refractivity contribution in [1.82, 2.24) is 20.4 Å². The summed E-state index contributed by atoms with van der Waals surface area (Å²) in [6.07, 6.45) is 4.55. The van der Waals surface area contributed by atoms with Gasteiger partial charge in [-0.1, -0.05) is 23.4 Å². The number of fused-ring (bicyclic) bond motifs is 1. The van der Waals surface area contributed by atoms with E-state index in [0.717, 1.165) is 67.8 Å². The van der Waals surface area contributed by atoms with Gasteiger partial charge in [0.2, 0.25) is 0 Å². The van der Waals surface area contributed by atoms with Crippen LogP contribution in [-0.2, 0) is 4.74 Å². The molecule has 0 saturated carbocycles. The monoisotopic (exact) mass is 393 g/mol. The Balaban J connectivity index is 1.38. The van der Waals surface area contributed by atoms with Gasteiger partial charge in [-0.05, 0) is 44.7 Å². The molecule has 1 aromatic carbocycles. The summed E-state index contributed by atoms with van der Waals surface area (Å²) in [5, 5.41) is 8.86. The van der Waals surface area contributed by atoms with E-state index in [1.165, 1.54) is 6.42 Å². The molecular formula is C22H27N5O2. The second kappa shape index (κ2) is 8.08. The standard InChI is InChI=1S/C22H27N5O2/c1-15-23-22(29-26-15)19-13-16-5-2-3-7-20(16)25-21(19)27-10-8-17(9-11-27)24-18-6-4-12-28-14-18/h2-3,5,7,13,17-18,24H,4,6,8-12,14H2,1H3. The maximum Gasteiger partial charge on any atom is 0.261 e. The Morgan fingerprint density at radius 2 is 1.93 bits per heavy atom. The minimum atomic E-state index is 0.496. The molecule has 152 valence electrons. The van der Waals surface area contributed by atoms with Crippen molar-refractivity contribution in [3.05, 3.63) is 36.2 Å². The topological polar surface area (TPSA) is 76.3 Å². The second-order valence-electron chi connectivity index (χ2n) is 8.04. The van der Waals surface area contributed by atoms with Crippen LogP contribution in [0.25, 0.3) is 22.4 Å². The number of nitrogens with one attached hydrogen (secondary N) is 1. The molecule has 29 heavy (non-hydrogen) atoms. The first-order valence-corrected chi connectivity index (χ1v) is 10.6. The second-order valence-corrected chi connectivity index (χ2v) is 8.04. The van der Waals surface area contributed by atoms with Crippen LogP contribution >= 0.6 is 0 Å². The first kappa shape index (κ1) is 18.5. The number of nitrogens with zero attached hydrogens (tertiary/aromatic N) is 4. The molecule has 0 aliphatic carbocycles. The first-order chi connectivity index (χ1) is 14.3. The molecule has 4 heterocycles. The lowest BCUT2D eigenvalue weighted by Gasteiger charge is -2.36. The zero-order valence-corrected chi connectivity index (χ0v) is 16.8. The largest absolute Gasteiger partial charge is 0.380 e. The molecule has 5 rings (SSSR count). The lowest BCUT2D eigenvalue weighted by Crippen LogP contribution is -2.48. The van der Waals surface area contributed by atoms with E-state index in [9.17, 15) is 0 Å². The number of aryl methyl sites for hydroxylation is 1. The van der Waals surface area contributed by atoms with Gasteiger partial charge in [0.25, 0.3) is 5.89 Å². The van der Waals surface area contributed by atoms with Gasteiger partial charge in [-0.3, -0.25) is 0 Å². The molecule has 0 amide bonds. The average molecular weight is 393 g/mol. The number of para-hydroxylation sites is 1. The van der Waals surface area contributed by atoms with E-state index in [0.29, 0.717) is 23.8 Å². The predicted octanol–water partition coefficient (Wildman–Crippen LogP) is 3.33. The lowest BCUT2D eigenvalue weighted by atomic mass is 10.0. The normalized spacial score (nSPS) is 21.0. The molecular weight excluding hydrogens is 366 g/mol. The summed E-state index contributed by atoms with van der Waals surface area (Å²) in [6, 6.07) is 11.3. The van der Waals surface area contributed by atoms with Crippen molar-refractivity contribution < 1.29 is 9.26 Å². The van der Waals surface area contributed by atoms with E-state index < -0.39 is 0 Å². The molecule has 2 aliphatic rings. The number of anilines is 1. The Morgan fingerprint density at radius 1 is 1.07 bits per heavy atom. The van der Waals surface area contributed by atoms with E-state index in [-0.39, 0.29) is 0 Å². The molecule has 3 aromatic rings. The summed E-state index contributed by atoms with van der Waals surface area (Å²) in [5.74, 6) is 2.11. The minimum Gasteiger partial charge on any atom is -0.380 e. The van der Waals surface area contributed by atoms with Crippen LogP contribution in [0, 0.1) is 6.92 Å². The highest BCUT2D eigenvalue weighted by Crippen LogP contribution is 2.33. The summed E-state index contributed by atoms with van der Waals surface area (Å²) in [4.78, 5) is 11.8. The van der Waals surface area contributed by atoms with Crippen LogP contribution in [-0.4, -0.2) is 53.5 Å². The quantitative estimate of drug-likeness (QED) is 0.728. The molecule has 2 fully saturated rings. The molecule has 0 radical (unpaired) electrons. The highest BCUT2D eigenvalue weighted by Gasteiger charge is 2.26. The van der Waals surface area contributed by atoms with Crippen LogP contribution in [0.1, 0.15) is 31.5 Å². The van der Waals surface area contributed by atoms with Gasteiger partial charge in [0, 0.05) is 37.2 Å². The number of benzene rings is 1.